The molecule has 2 aliphatic rings. The third-order valence-electron chi connectivity index (χ3n) is 14.1. The molecule has 0 radical (unpaired) electrons. The van der Waals surface area contributed by atoms with E-state index in [1.165, 1.54) is 107 Å². The molecule has 2 aliphatic heterocycles. The molecule has 0 fully saturated rings. The van der Waals surface area contributed by atoms with E-state index in [-0.39, 0.29) is 17.5 Å². The number of hydrogen-bond acceptors (Lipinski definition) is 4. The SMILES string of the molecule is Cc1cc2c3c(c1)-n1c4c(cccc4c4sc5ccccc5c41)B3c1ccc(N(c3ccc(C(C)(C)C)cc3)c3ccc(C(C)(C)C)cc3)cc1N2c1cccc2sc3ccccc3c12. The normalized spacial score (nSPS) is 13.4. The molecule has 13 rings (SSSR count). The van der Waals surface area contributed by atoms with Gasteiger partial charge in [0.1, 0.15) is 0 Å². The average Bonchev–Trinajstić information content (AvgIpc) is 3.97. The van der Waals surface area contributed by atoms with Crippen molar-refractivity contribution in [2.75, 3.05) is 9.80 Å². The Kier molecular flexibility index (Phi) is 8.19. The predicted molar refractivity (Wildman–Crippen MR) is 285 cm³/mol. The second-order valence-electron chi connectivity index (χ2n) is 20.3. The minimum absolute atomic E-state index is 0.0383. The van der Waals surface area contributed by atoms with Gasteiger partial charge in [0.2, 0.25) is 0 Å². The number of aromatic nitrogens is 1. The van der Waals surface area contributed by atoms with Crippen LogP contribution in [0.4, 0.5) is 34.1 Å². The quantitative estimate of drug-likeness (QED) is 0.163. The number of anilines is 6. The standard InChI is InChI=1S/C59H48BN3S2/c1-35-32-48-54-49(33-35)63-55-43(57-56(63)42-15-9-11-20-51(42)65-57)16-12-17-45(55)60(54)44-31-30-40(34-47(44)62(48)46-18-13-21-52-53(46)41-14-8-10-19-50(41)64-52)61(38-26-22-36(23-27-38)58(2,3)4)39-28-24-37(25-29-39)59(5,6)7/h8-34H,1-7H3. The van der Waals surface area contributed by atoms with Crippen LogP contribution in [0.25, 0.3) is 57.1 Å². The van der Waals surface area contributed by atoms with Gasteiger partial charge in [0.25, 0.3) is 6.71 Å². The molecule has 3 nitrogen and oxygen atoms in total. The van der Waals surface area contributed by atoms with Gasteiger partial charge >= 0.3 is 0 Å². The first-order valence-electron chi connectivity index (χ1n) is 22.9. The van der Waals surface area contributed by atoms with Crippen molar-refractivity contribution in [2.24, 2.45) is 0 Å². The molecule has 0 spiro atoms. The van der Waals surface area contributed by atoms with Crippen LogP contribution in [0.15, 0.2) is 164 Å². The van der Waals surface area contributed by atoms with E-state index in [4.69, 9.17) is 0 Å². The van der Waals surface area contributed by atoms with Crippen LogP contribution in [-0.2, 0) is 10.8 Å². The molecule has 11 aromatic rings. The van der Waals surface area contributed by atoms with E-state index >= 15 is 0 Å². The first-order chi connectivity index (χ1) is 31.4. The molecule has 8 aromatic carbocycles. The van der Waals surface area contributed by atoms with Crippen LogP contribution >= 0.6 is 22.7 Å². The van der Waals surface area contributed by atoms with Crippen molar-refractivity contribution in [1.82, 2.24) is 4.57 Å². The Bertz CT molecular complexity index is 3700. The van der Waals surface area contributed by atoms with E-state index in [1.807, 2.05) is 22.7 Å². The van der Waals surface area contributed by atoms with Crippen molar-refractivity contribution in [3.05, 3.63) is 180 Å². The number of benzene rings is 8. The van der Waals surface area contributed by atoms with Crippen LogP contribution in [0.1, 0.15) is 58.2 Å². The monoisotopic (exact) mass is 873 g/mol. The van der Waals surface area contributed by atoms with Crippen LogP contribution in [0, 0.1) is 6.92 Å². The zero-order chi connectivity index (χ0) is 44.1. The highest BCUT2D eigenvalue weighted by molar-refractivity contribution is 7.27. The largest absolute Gasteiger partial charge is 0.311 e. The molecule has 0 aliphatic carbocycles. The Balaban J connectivity index is 1.12. The summed E-state index contributed by atoms with van der Waals surface area (Å²) < 4.78 is 7.93. The van der Waals surface area contributed by atoms with E-state index in [2.05, 4.69) is 227 Å². The van der Waals surface area contributed by atoms with E-state index in [1.54, 1.807) is 0 Å². The molecule has 3 aromatic heterocycles. The molecule has 5 heterocycles. The number of thiophene rings is 2. The summed E-state index contributed by atoms with van der Waals surface area (Å²) >= 11 is 3.81. The Morgan fingerprint density at radius 3 is 1.74 bits per heavy atom. The van der Waals surface area contributed by atoms with Crippen LogP contribution in [0.3, 0.4) is 0 Å². The molecule has 0 atom stereocenters. The fraction of sp³-hybridized carbons (Fsp3) is 0.153. The molecule has 0 saturated heterocycles. The molecule has 0 saturated carbocycles. The molecule has 0 bridgehead atoms. The third-order valence-corrected chi connectivity index (χ3v) is 16.4. The van der Waals surface area contributed by atoms with E-state index in [0.717, 1.165) is 17.1 Å². The average molecular weight is 874 g/mol. The molecule has 0 unspecified atom stereocenters. The van der Waals surface area contributed by atoms with Crippen molar-refractivity contribution in [3.63, 3.8) is 0 Å². The highest BCUT2D eigenvalue weighted by atomic mass is 32.1. The Morgan fingerprint density at radius 1 is 0.462 bits per heavy atom. The van der Waals surface area contributed by atoms with Gasteiger partial charge in [-0.3, -0.25) is 0 Å². The van der Waals surface area contributed by atoms with Gasteiger partial charge in [-0.15, -0.1) is 22.7 Å². The maximum Gasteiger partial charge on any atom is 0.252 e. The van der Waals surface area contributed by atoms with Crippen molar-refractivity contribution in [3.8, 4) is 5.69 Å². The van der Waals surface area contributed by atoms with E-state index < -0.39 is 0 Å². The van der Waals surface area contributed by atoms with E-state index in [0.29, 0.717) is 0 Å². The highest BCUT2D eigenvalue weighted by Gasteiger charge is 2.43. The second kappa shape index (κ2) is 13.7. The predicted octanol–water partition coefficient (Wildman–Crippen LogP) is 15.4. The van der Waals surface area contributed by atoms with Crippen LogP contribution in [0.5, 0.6) is 0 Å². The molecule has 0 amide bonds. The molecule has 0 N–H and O–H groups in total. The lowest BCUT2D eigenvalue weighted by Crippen LogP contribution is -2.60. The lowest BCUT2D eigenvalue weighted by Gasteiger charge is -2.41. The first kappa shape index (κ1) is 38.8. The summed E-state index contributed by atoms with van der Waals surface area (Å²) in [6, 6.07) is 62.6. The van der Waals surface area contributed by atoms with Gasteiger partial charge < -0.3 is 14.4 Å². The fourth-order valence-electron chi connectivity index (χ4n) is 11.0. The summed E-state index contributed by atoms with van der Waals surface area (Å²) in [5.74, 6) is 0. The summed E-state index contributed by atoms with van der Waals surface area (Å²) in [6.45, 7) is 16.1. The number of nitrogens with zero attached hydrogens (tertiary/aromatic N) is 3. The molecule has 6 heteroatoms. The summed E-state index contributed by atoms with van der Waals surface area (Å²) in [5, 5.41) is 5.26. The lowest BCUT2D eigenvalue weighted by atomic mass is 9.33. The maximum absolute atomic E-state index is 2.63. The number of fused-ring (bicyclic) bond motifs is 12. The molecule has 65 heavy (non-hydrogen) atoms. The topological polar surface area (TPSA) is 11.4 Å². The summed E-state index contributed by atoms with van der Waals surface area (Å²) in [7, 11) is 0. The first-order valence-corrected chi connectivity index (χ1v) is 24.5. The van der Waals surface area contributed by atoms with Gasteiger partial charge in [-0.25, -0.2) is 0 Å². The van der Waals surface area contributed by atoms with Gasteiger partial charge in [0.15, 0.2) is 0 Å². The maximum atomic E-state index is 2.63. The number of rotatable bonds is 4. The zero-order valence-corrected chi connectivity index (χ0v) is 39.5. The summed E-state index contributed by atoms with van der Waals surface area (Å²) in [6.07, 6.45) is 0. The van der Waals surface area contributed by atoms with Crippen molar-refractivity contribution < 1.29 is 0 Å². The van der Waals surface area contributed by atoms with Crippen LogP contribution in [-0.4, -0.2) is 11.3 Å². The van der Waals surface area contributed by atoms with E-state index in [9.17, 15) is 0 Å². The third kappa shape index (κ3) is 5.66. The zero-order valence-electron chi connectivity index (χ0n) is 37.8. The molecular weight excluding hydrogens is 826 g/mol. The molecular formula is C59H48BN3S2. The van der Waals surface area contributed by atoms with Gasteiger partial charge in [0.05, 0.1) is 21.4 Å². The minimum Gasteiger partial charge on any atom is -0.311 e. The Hall–Kier alpha value is -6.60. The summed E-state index contributed by atoms with van der Waals surface area (Å²) in [4.78, 5) is 5.09. The fourth-order valence-corrected chi connectivity index (χ4v) is 13.4. The molecule has 314 valence electrons. The minimum atomic E-state index is 0.0383. The number of para-hydroxylation sites is 1. The van der Waals surface area contributed by atoms with Crippen molar-refractivity contribution in [2.45, 2.75) is 59.3 Å². The second-order valence-corrected chi connectivity index (χ2v) is 22.4. The van der Waals surface area contributed by atoms with Gasteiger partial charge in [-0.2, -0.15) is 0 Å². The number of hydrogen-bond donors (Lipinski definition) is 0. The summed E-state index contributed by atoms with van der Waals surface area (Å²) in [5.41, 5.74) is 19.1. The smallest absolute Gasteiger partial charge is 0.252 e. The number of aryl methyl sites for hydroxylation is 1. The van der Waals surface area contributed by atoms with Crippen molar-refractivity contribution >= 4 is 131 Å². The Labute approximate surface area is 388 Å². The van der Waals surface area contributed by atoms with Gasteiger partial charge in [0, 0.05) is 69.8 Å². The highest BCUT2D eigenvalue weighted by Crippen LogP contribution is 2.50. The van der Waals surface area contributed by atoms with Gasteiger partial charge in [-0.05, 0) is 124 Å². The Morgan fingerprint density at radius 2 is 1.05 bits per heavy atom. The van der Waals surface area contributed by atoms with Gasteiger partial charge in [-0.1, -0.05) is 133 Å². The lowest BCUT2D eigenvalue weighted by molar-refractivity contribution is 0.590. The van der Waals surface area contributed by atoms with Crippen LogP contribution in [0.2, 0.25) is 0 Å². The van der Waals surface area contributed by atoms with Crippen LogP contribution < -0.4 is 26.2 Å². The van der Waals surface area contributed by atoms with Crippen molar-refractivity contribution in [1.29, 1.82) is 0 Å².